The van der Waals surface area contributed by atoms with Gasteiger partial charge in [-0.3, -0.25) is 14.4 Å². The molecule has 8 heteroatoms. The van der Waals surface area contributed by atoms with E-state index in [0.717, 1.165) is 36.9 Å². The zero-order valence-electron chi connectivity index (χ0n) is 17.9. The van der Waals surface area contributed by atoms with Gasteiger partial charge < -0.3 is 26.2 Å². The minimum Gasteiger partial charge on any atom is -0.388 e. The SMILES string of the molecule is CNCC(=O)NC1CCCCC2CCC(C(=O)NCc3cccc(NC)c3)N2C1=O. The van der Waals surface area contributed by atoms with Gasteiger partial charge in [-0.05, 0) is 50.4 Å². The van der Waals surface area contributed by atoms with Crippen LogP contribution in [0.15, 0.2) is 24.3 Å². The molecule has 1 aromatic carbocycles. The molecule has 2 saturated heterocycles. The fourth-order valence-corrected chi connectivity index (χ4v) is 4.47. The van der Waals surface area contributed by atoms with Crippen LogP contribution in [0.1, 0.15) is 44.1 Å². The first-order valence-electron chi connectivity index (χ1n) is 10.8. The number of fused-ring (bicyclic) bond motifs is 1. The van der Waals surface area contributed by atoms with Crippen molar-refractivity contribution < 1.29 is 14.4 Å². The molecule has 2 aliphatic heterocycles. The fraction of sp³-hybridized carbons (Fsp3) is 0.591. The Morgan fingerprint density at radius 2 is 1.90 bits per heavy atom. The van der Waals surface area contributed by atoms with E-state index in [1.54, 1.807) is 11.9 Å². The van der Waals surface area contributed by atoms with Crippen molar-refractivity contribution in [3.63, 3.8) is 0 Å². The second-order valence-corrected chi connectivity index (χ2v) is 8.10. The van der Waals surface area contributed by atoms with E-state index in [1.165, 1.54) is 0 Å². The van der Waals surface area contributed by atoms with E-state index in [9.17, 15) is 14.4 Å². The van der Waals surface area contributed by atoms with Crippen molar-refractivity contribution in [2.24, 2.45) is 0 Å². The Balaban J connectivity index is 1.67. The smallest absolute Gasteiger partial charge is 0.246 e. The van der Waals surface area contributed by atoms with Crippen LogP contribution in [0.4, 0.5) is 5.69 Å². The lowest BCUT2D eigenvalue weighted by molar-refractivity contribution is -0.144. The molecule has 4 N–H and O–H groups in total. The van der Waals surface area contributed by atoms with Crippen molar-refractivity contribution in [1.82, 2.24) is 20.9 Å². The number of likely N-dealkylation sites (N-methyl/N-ethyl adjacent to an activating group) is 1. The first-order chi connectivity index (χ1) is 14.5. The van der Waals surface area contributed by atoms with E-state index in [1.807, 2.05) is 31.3 Å². The first-order valence-corrected chi connectivity index (χ1v) is 10.8. The van der Waals surface area contributed by atoms with E-state index in [2.05, 4.69) is 21.3 Å². The van der Waals surface area contributed by atoms with Crippen molar-refractivity contribution in [3.8, 4) is 0 Å². The van der Waals surface area contributed by atoms with E-state index in [4.69, 9.17) is 0 Å². The number of carbonyl (C=O) groups is 3. The van der Waals surface area contributed by atoms with Gasteiger partial charge in [0.15, 0.2) is 0 Å². The number of nitrogens with one attached hydrogen (secondary N) is 4. The van der Waals surface area contributed by atoms with Crippen LogP contribution < -0.4 is 21.3 Å². The topological polar surface area (TPSA) is 103 Å². The van der Waals surface area contributed by atoms with Crippen LogP contribution in [-0.4, -0.2) is 61.4 Å². The second kappa shape index (κ2) is 10.4. The predicted octanol–water partition coefficient (Wildman–Crippen LogP) is 0.982. The van der Waals surface area contributed by atoms with Crippen LogP contribution >= 0.6 is 0 Å². The number of hydrogen-bond donors (Lipinski definition) is 4. The van der Waals surface area contributed by atoms with Gasteiger partial charge in [0.05, 0.1) is 6.54 Å². The summed E-state index contributed by atoms with van der Waals surface area (Å²) in [5.41, 5.74) is 1.99. The minimum absolute atomic E-state index is 0.0740. The lowest BCUT2D eigenvalue weighted by Gasteiger charge is -2.35. The Hall–Kier alpha value is -2.61. The quantitative estimate of drug-likeness (QED) is 0.532. The van der Waals surface area contributed by atoms with Gasteiger partial charge in [0, 0.05) is 25.3 Å². The summed E-state index contributed by atoms with van der Waals surface area (Å²) in [7, 11) is 3.55. The van der Waals surface area contributed by atoms with Crippen molar-refractivity contribution in [1.29, 1.82) is 0 Å². The van der Waals surface area contributed by atoms with Gasteiger partial charge in [0.1, 0.15) is 12.1 Å². The number of benzene rings is 1. The Morgan fingerprint density at radius 1 is 1.10 bits per heavy atom. The van der Waals surface area contributed by atoms with Crippen LogP contribution in [0.2, 0.25) is 0 Å². The lowest BCUT2D eigenvalue weighted by Crippen LogP contribution is -2.57. The number of nitrogens with zero attached hydrogens (tertiary/aromatic N) is 1. The Labute approximate surface area is 178 Å². The Bertz CT molecular complexity index is 769. The maximum atomic E-state index is 13.3. The van der Waals surface area contributed by atoms with E-state index in [0.29, 0.717) is 19.4 Å². The summed E-state index contributed by atoms with van der Waals surface area (Å²) in [6.07, 6.45) is 4.92. The molecule has 3 unspecified atom stereocenters. The molecule has 0 aromatic heterocycles. The van der Waals surface area contributed by atoms with Gasteiger partial charge in [-0.1, -0.05) is 25.0 Å². The third-order valence-electron chi connectivity index (χ3n) is 5.99. The molecule has 3 amide bonds. The minimum atomic E-state index is -0.561. The molecule has 30 heavy (non-hydrogen) atoms. The molecule has 2 fully saturated rings. The maximum Gasteiger partial charge on any atom is 0.246 e. The molecule has 0 bridgehead atoms. The zero-order valence-corrected chi connectivity index (χ0v) is 17.9. The van der Waals surface area contributed by atoms with Crippen molar-refractivity contribution in [3.05, 3.63) is 29.8 Å². The van der Waals surface area contributed by atoms with Crippen LogP contribution in [-0.2, 0) is 20.9 Å². The van der Waals surface area contributed by atoms with Crippen molar-refractivity contribution in [2.45, 2.75) is 63.2 Å². The molecule has 0 saturated carbocycles. The van der Waals surface area contributed by atoms with Gasteiger partial charge in [-0.15, -0.1) is 0 Å². The highest BCUT2D eigenvalue weighted by atomic mass is 16.2. The van der Waals surface area contributed by atoms with Gasteiger partial charge in [-0.2, -0.15) is 0 Å². The summed E-state index contributed by atoms with van der Waals surface area (Å²) in [5.74, 6) is -0.446. The molecular weight excluding hydrogens is 382 g/mol. The molecule has 2 heterocycles. The van der Waals surface area contributed by atoms with Gasteiger partial charge in [0.25, 0.3) is 0 Å². The van der Waals surface area contributed by atoms with Crippen molar-refractivity contribution >= 4 is 23.4 Å². The molecule has 3 rings (SSSR count). The highest BCUT2D eigenvalue weighted by molar-refractivity contribution is 5.93. The summed E-state index contributed by atoms with van der Waals surface area (Å²) in [6.45, 7) is 0.586. The molecule has 0 spiro atoms. The first kappa shape index (κ1) is 22.1. The van der Waals surface area contributed by atoms with Gasteiger partial charge in [-0.25, -0.2) is 0 Å². The lowest BCUT2D eigenvalue weighted by atomic mass is 9.99. The summed E-state index contributed by atoms with van der Waals surface area (Å²) in [4.78, 5) is 40.1. The van der Waals surface area contributed by atoms with Gasteiger partial charge in [0.2, 0.25) is 17.7 Å². The molecule has 0 aliphatic carbocycles. The van der Waals surface area contributed by atoms with E-state index in [-0.39, 0.29) is 30.3 Å². The van der Waals surface area contributed by atoms with Crippen LogP contribution in [0.5, 0.6) is 0 Å². The molecule has 164 valence electrons. The van der Waals surface area contributed by atoms with Crippen LogP contribution in [0, 0.1) is 0 Å². The molecule has 1 aromatic rings. The summed E-state index contributed by atoms with van der Waals surface area (Å²) in [5, 5.41) is 11.7. The van der Waals surface area contributed by atoms with Crippen LogP contribution in [0.3, 0.4) is 0 Å². The average Bonchev–Trinajstić information content (AvgIpc) is 3.16. The predicted molar refractivity (Wildman–Crippen MR) is 116 cm³/mol. The number of rotatable bonds is 7. The molecule has 3 atom stereocenters. The average molecular weight is 416 g/mol. The molecule has 0 radical (unpaired) electrons. The van der Waals surface area contributed by atoms with Crippen LogP contribution in [0.25, 0.3) is 0 Å². The number of anilines is 1. The zero-order chi connectivity index (χ0) is 21.5. The third kappa shape index (κ3) is 5.30. The monoisotopic (exact) mass is 415 g/mol. The van der Waals surface area contributed by atoms with Gasteiger partial charge >= 0.3 is 0 Å². The third-order valence-corrected chi connectivity index (χ3v) is 5.99. The maximum absolute atomic E-state index is 13.3. The Morgan fingerprint density at radius 3 is 2.67 bits per heavy atom. The normalized spacial score (nSPS) is 23.9. The summed E-state index contributed by atoms with van der Waals surface area (Å²) < 4.78 is 0. The number of carbonyl (C=O) groups excluding carboxylic acids is 3. The van der Waals surface area contributed by atoms with Crippen molar-refractivity contribution in [2.75, 3.05) is 26.0 Å². The Kier molecular flexibility index (Phi) is 7.68. The number of hydrogen-bond acceptors (Lipinski definition) is 5. The van der Waals surface area contributed by atoms with E-state index >= 15 is 0 Å². The second-order valence-electron chi connectivity index (χ2n) is 8.10. The fourth-order valence-electron chi connectivity index (χ4n) is 4.47. The highest BCUT2D eigenvalue weighted by Gasteiger charge is 2.43. The molecule has 2 aliphatic rings. The largest absolute Gasteiger partial charge is 0.388 e. The molecular formula is C22H33N5O3. The summed E-state index contributed by atoms with van der Waals surface area (Å²) in [6, 6.07) is 6.91. The highest BCUT2D eigenvalue weighted by Crippen LogP contribution is 2.31. The standard InChI is InChI=1S/C22H33N5O3/c1-23-14-20(28)26-18-9-4-3-8-17-10-11-19(27(17)22(18)30)21(29)25-13-15-6-5-7-16(12-15)24-2/h5-7,12,17-19,23-24H,3-4,8-11,13-14H2,1-2H3,(H,25,29)(H,26,28). The molecule has 8 nitrogen and oxygen atoms in total. The summed E-state index contributed by atoms with van der Waals surface area (Å²) >= 11 is 0. The van der Waals surface area contributed by atoms with E-state index < -0.39 is 12.1 Å². The number of amides is 3.